The molecule has 1 atom stereocenters. The van der Waals surface area contributed by atoms with Gasteiger partial charge in [-0.05, 0) is 30.2 Å². The number of primary amides is 1. The number of hydrogen-bond donors (Lipinski definition) is 3. The van der Waals surface area contributed by atoms with Crippen molar-refractivity contribution < 1.29 is 19.5 Å². The van der Waals surface area contributed by atoms with Crippen LogP contribution in [-0.4, -0.2) is 34.0 Å². The molecule has 1 aromatic rings. The van der Waals surface area contributed by atoms with Crippen LogP contribution in [-0.2, 0) is 17.9 Å². The van der Waals surface area contributed by atoms with Crippen molar-refractivity contribution in [1.82, 2.24) is 10.2 Å². The molecule has 0 saturated carbocycles. The summed E-state index contributed by atoms with van der Waals surface area (Å²) in [5.41, 5.74) is 6.99. The van der Waals surface area contributed by atoms with Gasteiger partial charge in [-0.3, -0.25) is 15.0 Å². The van der Waals surface area contributed by atoms with Crippen LogP contribution in [0.25, 0.3) is 0 Å². The number of nitrogens with one attached hydrogen (secondary N) is 1. The van der Waals surface area contributed by atoms with E-state index in [1.54, 1.807) is 25.1 Å². The zero-order chi connectivity index (χ0) is 14.9. The maximum atomic E-state index is 11.7. The van der Waals surface area contributed by atoms with Crippen LogP contribution in [0.15, 0.2) is 18.2 Å². The zero-order valence-corrected chi connectivity index (χ0v) is 10.9. The fourth-order valence-corrected chi connectivity index (χ4v) is 2.22. The van der Waals surface area contributed by atoms with Gasteiger partial charge in [0, 0.05) is 13.1 Å². The molecule has 2 rings (SSSR count). The first kappa shape index (κ1) is 14.0. The molecule has 20 heavy (non-hydrogen) atoms. The Morgan fingerprint density at radius 3 is 2.55 bits per heavy atom. The molecule has 0 fully saturated rings. The number of imide groups is 1. The number of carbonyl (C=O) groups excluding carboxylic acids is 2. The average Bonchev–Trinajstić information content (AvgIpc) is 2.79. The molecule has 0 radical (unpaired) electrons. The molecule has 0 saturated heterocycles. The molecular weight excluding hydrogens is 262 g/mol. The van der Waals surface area contributed by atoms with E-state index in [4.69, 9.17) is 10.8 Å². The van der Waals surface area contributed by atoms with Crippen molar-refractivity contribution in [2.75, 3.05) is 0 Å². The van der Waals surface area contributed by atoms with Crippen molar-refractivity contribution >= 4 is 17.9 Å². The standard InChI is InChI=1S/C13H15N3O4/c1-7(11(17)15-13(14)20)16-5-9-3-2-8(12(18)19)4-10(9)6-16/h2-4,7H,5-6H2,1H3,(H,18,19)(H3,14,15,17,20). The quantitative estimate of drug-likeness (QED) is 0.734. The van der Waals surface area contributed by atoms with Crippen LogP contribution in [0.5, 0.6) is 0 Å². The molecule has 0 aliphatic carbocycles. The molecule has 0 spiro atoms. The maximum Gasteiger partial charge on any atom is 0.335 e. The van der Waals surface area contributed by atoms with Crippen LogP contribution in [0.1, 0.15) is 28.4 Å². The van der Waals surface area contributed by atoms with Crippen molar-refractivity contribution in [3.63, 3.8) is 0 Å². The smallest absolute Gasteiger partial charge is 0.335 e. The lowest BCUT2D eigenvalue weighted by Gasteiger charge is -2.21. The van der Waals surface area contributed by atoms with Gasteiger partial charge in [0.2, 0.25) is 5.91 Å². The Balaban J connectivity index is 2.11. The summed E-state index contributed by atoms with van der Waals surface area (Å²) in [6.45, 7) is 2.66. The molecule has 0 aromatic heterocycles. The largest absolute Gasteiger partial charge is 0.478 e. The molecule has 7 heteroatoms. The third-order valence-corrected chi connectivity index (χ3v) is 3.37. The summed E-state index contributed by atoms with van der Waals surface area (Å²) in [5.74, 6) is -1.45. The van der Waals surface area contributed by atoms with Gasteiger partial charge in [-0.1, -0.05) is 6.07 Å². The van der Waals surface area contributed by atoms with E-state index >= 15 is 0 Å². The summed E-state index contributed by atoms with van der Waals surface area (Å²) < 4.78 is 0. The number of carboxylic acids is 1. The summed E-state index contributed by atoms with van der Waals surface area (Å²) in [5, 5.41) is 11.0. The van der Waals surface area contributed by atoms with Crippen molar-refractivity contribution in [1.29, 1.82) is 0 Å². The Kier molecular flexibility index (Phi) is 3.71. The summed E-state index contributed by atoms with van der Waals surface area (Å²) in [7, 11) is 0. The van der Waals surface area contributed by atoms with Crippen molar-refractivity contribution in [3.8, 4) is 0 Å². The van der Waals surface area contributed by atoms with Gasteiger partial charge in [0.25, 0.3) is 0 Å². The van der Waals surface area contributed by atoms with E-state index in [1.807, 2.05) is 10.2 Å². The molecule has 1 aromatic carbocycles. The highest BCUT2D eigenvalue weighted by molar-refractivity contribution is 5.96. The number of carboxylic acid groups (broad SMARTS) is 1. The number of amides is 3. The topological polar surface area (TPSA) is 113 Å². The van der Waals surface area contributed by atoms with Gasteiger partial charge in [-0.25, -0.2) is 9.59 Å². The summed E-state index contributed by atoms with van der Waals surface area (Å²) in [4.78, 5) is 35.2. The van der Waals surface area contributed by atoms with Crippen molar-refractivity contribution in [2.45, 2.75) is 26.1 Å². The summed E-state index contributed by atoms with van der Waals surface area (Å²) >= 11 is 0. The monoisotopic (exact) mass is 277 g/mol. The third kappa shape index (κ3) is 2.77. The second-order valence-corrected chi connectivity index (χ2v) is 4.72. The Morgan fingerprint density at radius 2 is 1.95 bits per heavy atom. The highest BCUT2D eigenvalue weighted by atomic mass is 16.4. The molecule has 1 aliphatic rings. The van der Waals surface area contributed by atoms with Crippen molar-refractivity contribution in [2.24, 2.45) is 5.73 Å². The predicted octanol–water partition coefficient (Wildman–Crippen LogP) is 0.284. The van der Waals surface area contributed by atoms with E-state index in [-0.39, 0.29) is 5.56 Å². The van der Waals surface area contributed by atoms with Crippen LogP contribution in [0.2, 0.25) is 0 Å². The number of hydrogen-bond acceptors (Lipinski definition) is 4. The van der Waals surface area contributed by atoms with Gasteiger partial charge in [0.05, 0.1) is 11.6 Å². The number of nitrogens with two attached hydrogens (primary N) is 1. The van der Waals surface area contributed by atoms with Crippen LogP contribution in [0, 0.1) is 0 Å². The number of fused-ring (bicyclic) bond motifs is 1. The molecule has 0 bridgehead atoms. The number of aromatic carboxylic acids is 1. The number of rotatable bonds is 3. The van der Waals surface area contributed by atoms with Crippen LogP contribution in [0.3, 0.4) is 0 Å². The Morgan fingerprint density at radius 1 is 1.30 bits per heavy atom. The molecule has 106 valence electrons. The predicted molar refractivity (Wildman–Crippen MR) is 69.8 cm³/mol. The van der Waals surface area contributed by atoms with Crippen molar-refractivity contribution in [3.05, 3.63) is 34.9 Å². The fourth-order valence-electron chi connectivity index (χ4n) is 2.22. The Bertz CT molecular complexity index is 585. The van der Waals surface area contributed by atoms with Gasteiger partial charge in [0.1, 0.15) is 0 Å². The van der Waals surface area contributed by atoms with E-state index in [9.17, 15) is 14.4 Å². The van der Waals surface area contributed by atoms with E-state index in [1.165, 1.54) is 0 Å². The Labute approximate surface area is 115 Å². The van der Waals surface area contributed by atoms with Gasteiger partial charge in [-0.15, -0.1) is 0 Å². The first-order chi connectivity index (χ1) is 9.38. The molecule has 7 nitrogen and oxygen atoms in total. The zero-order valence-electron chi connectivity index (χ0n) is 10.9. The molecule has 1 heterocycles. The van der Waals surface area contributed by atoms with Crippen LogP contribution < -0.4 is 11.1 Å². The van der Waals surface area contributed by atoms with Gasteiger partial charge in [-0.2, -0.15) is 0 Å². The lowest BCUT2D eigenvalue weighted by atomic mass is 10.1. The van der Waals surface area contributed by atoms with Gasteiger partial charge in [0.15, 0.2) is 0 Å². The first-order valence-electron chi connectivity index (χ1n) is 6.08. The average molecular weight is 277 g/mol. The van der Waals surface area contributed by atoms with E-state index in [2.05, 4.69) is 0 Å². The first-order valence-corrected chi connectivity index (χ1v) is 6.08. The van der Waals surface area contributed by atoms with Gasteiger partial charge >= 0.3 is 12.0 Å². The van der Waals surface area contributed by atoms with E-state index < -0.39 is 23.9 Å². The minimum atomic E-state index is -0.981. The minimum Gasteiger partial charge on any atom is -0.478 e. The van der Waals surface area contributed by atoms with Crippen LogP contribution >= 0.6 is 0 Å². The summed E-state index contributed by atoms with van der Waals surface area (Å²) in [6, 6.07) is 3.49. The SMILES string of the molecule is CC(C(=O)NC(N)=O)N1Cc2ccc(C(=O)O)cc2C1. The lowest BCUT2D eigenvalue weighted by Crippen LogP contribution is -2.46. The Hall–Kier alpha value is -2.41. The lowest BCUT2D eigenvalue weighted by molar-refractivity contribution is -0.124. The normalized spacial score (nSPS) is 15.4. The highest BCUT2D eigenvalue weighted by Gasteiger charge is 2.28. The number of nitrogens with zero attached hydrogens (tertiary/aromatic N) is 1. The van der Waals surface area contributed by atoms with E-state index in [0.717, 1.165) is 11.1 Å². The fraction of sp³-hybridized carbons (Fsp3) is 0.308. The van der Waals surface area contributed by atoms with Crippen LogP contribution in [0.4, 0.5) is 4.79 Å². The number of benzene rings is 1. The minimum absolute atomic E-state index is 0.222. The van der Waals surface area contributed by atoms with Gasteiger partial charge < -0.3 is 10.8 Å². The second kappa shape index (κ2) is 5.30. The second-order valence-electron chi connectivity index (χ2n) is 4.72. The maximum absolute atomic E-state index is 11.7. The molecule has 4 N–H and O–H groups in total. The molecule has 1 aliphatic heterocycles. The number of carbonyl (C=O) groups is 3. The molecule has 3 amide bonds. The number of urea groups is 1. The van der Waals surface area contributed by atoms with E-state index in [0.29, 0.717) is 13.1 Å². The third-order valence-electron chi connectivity index (χ3n) is 3.37. The summed E-state index contributed by atoms with van der Waals surface area (Å²) in [6.07, 6.45) is 0. The highest BCUT2D eigenvalue weighted by Crippen LogP contribution is 2.25. The molecular formula is C13H15N3O4. The molecule has 1 unspecified atom stereocenters.